The fourth-order valence-corrected chi connectivity index (χ4v) is 4.45. The number of aromatic nitrogens is 3. The average Bonchev–Trinajstić information content (AvgIpc) is 3.04. The molecule has 0 amide bonds. The van der Waals surface area contributed by atoms with Gasteiger partial charge in [0.2, 0.25) is 5.95 Å². The maximum atomic E-state index is 12.5. The van der Waals surface area contributed by atoms with Crippen LogP contribution in [0.3, 0.4) is 0 Å². The molecular weight excluding hydrogens is 362 g/mol. The highest BCUT2D eigenvalue weighted by Crippen LogP contribution is 2.22. The van der Waals surface area contributed by atoms with Crippen molar-refractivity contribution in [1.29, 1.82) is 0 Å². The molecule has 3 heterocycles. The highest BCUT2D eigenvalue weighted by Gasteiger charge is 2.18. The molecule has 8 heteroatoms. The molecule has 0 spiro atoms. The summed E-state index contributed by atoms with van der Waals surface area (Å²) in [5.74, 6) is 1.60. The van der Waals surface area contributed by atoms with Crippen LogP contribution in [0.4, 0.5) is 5.95 Å². The minimum atomic E-state index is 0.101. The third kappa shape index (κ3) is 3.96. The van der Waals surface area contributed by atoms with Crippen molar-refractivity contribution in [3.8, 4) is 5.75 Å². The van der Waals surface area contributed by atoms with Gasteiger partial charge in [-0.1, -0.05) is 11.5 Å². The number of nitrogens with zero attached hydrogens (tertiary/aromatic N) is 5. The zero-order chi connectivity index (χ0) is 18.6. The second kappa shape index (κ2) is 8.06. The maximum Gasteiger partial charge on any atom is 0.268 e. The molecule has 4 rings (SSSR count). The number of fused-ring (bicyclic) bond motifs is 1. The summed E-state index contributed by atoms with van der Waals surface area (Å²) in [7, 11) is 1.64. The quantitative estimate of drug-likeness (QED) is 0.647. The molecule has 7 nitrogen and oxygen atoms in total. The first-order valence-electron chi connectivity index (χ1n) is 9.17. The van der Waals surface area contributed by atoms with E-state index in [4.69, 9.17) is 4.74 Å². The van der Waals surface area contributed by atoms with Gasteiger partial charge in [-0.25, -0.2) is 9.97 Å². The number of ether oxygens (including phenoxy) is 1. The number of benzene rings is 1. The molecule has 0 N–H and O–H groups in total. The minimum absolute atomic E-state index is 0.101. The van der Waals surface area contributed by atoms with E-state index >= 15 is 0 Å². The summed E-state index contributed by atoms with van der Waals surface area (Å²) in [6.07, 6.45) is 4.53. The summed E-state index contributed by atoms with van der Waals surface area (Å²) >= 11 is 1.52. The Morgan fingerprint density at radius 3 is 2.63 bits per heavy atom. The molecule has 0 saturated carbocycles. The zero-order valence-electron chi connectivity index (χ0n) is 15.4. The number of rotatable bonds is 6. The molecule has 1 fully saturated rings. The van der Waals surface area contributed by atoms with E-state index in [9.17, 15) is 4.79 Å². The molecule has 142 valence electrons. The van der Waals surface area contributed by atoms with Crippen LogP contribution in [0, 0.1) is 0 Å². The molecule has 1 aliphatic heterocycles. The van der Waals surface area contributed by atoms with Gasteiger partial charge >= 0.3 is 0 Å². The number of anilines is 1. The van der Waals surface area contributed by atoms with Crippen molar-refractivity contribution in [2.75, 3.05) is 44.7 Å². The van der Waals surface area contributed by atoms with Crippen LogP contribution in [-0.4, -0.2) is 58.7 Å². The fraction of sp³-hybridized carbons (Fsp3) is 0.421. The number of aryl methyl sites for hydroxylation is 1. The van der Waals surface area contributed by atoms with Crippen LogP contribution >= 0.6 is 11.5 Å². The SMILES string of the molecule is COc1ccc2c(=O)n(CCCN3CCN(c4ncccn4)CC3)sc2c1. The summed E-state index contributed by atoms with van der Waals surface area (Å²) in [4.78, 5) is 25.8. The summed E-state index contributed by atoms with van der Waals surface area (Å²) in [5, 5.41) is 0.775. The van der Waals surface area contributed by atoms with Crippen LogP contribution in [-0.2, 0) is 6.54 Å². The van der Waals surface area contributed by atoms with E-state index in [1.165, 1.54) is 11.5 Å². The molecule has 0 radical (unpaired) electrons. The van der Waals surface area contributed by atoms with Crippen molar-refractivity contribution in [3.63, 3.8) is 0 Å². The Morgan fingerprint density at radius 1 is 1.11 bits per heavy atom. The molecule has 0 atom stereocenters. The zero-order valence-corrected chi connectivity index (χ0v) is 16.2. The lowest BCUT2D eigenvalue weighted by Crippen LogP contribution is -2.47. The molecule has 3 aromatic rings. The van der Waals surface area contributed by atoms with E-state index in [2.05, 4.69) is 19.8 Å². The van der Waals surface area contributed by atoms with Crippen molar-refractivity contribution in [1.82, 2.24) is 18.8 Å². The standard InChI is InChI=1S/C19H23N5O2S/c1-26-15-4-5-16-17(14-15)27-24(18(16)25)9-3-8-22-10-12-23(13-11-22)19-20-6-2-7-21-19/h2,4-7,14H,3,8-13H2,1H3. The van der Waals surface area contributed by atoms with Crippen LogP contribution in [0.25, 0.3) is 10.1 Å². The lowest BCUT2D eigenvalue weighted by molar-refractivity contribution is 0.250. The monoisotopic (exact) mass is 385 g/mol. The van der Waals surface area contributed by atoms with Crippen molar-refractivity contribution < 1.29 is 4.74 Å². The third-order valence-electron chi connectivity index (χ3n) is 4.90. The third-order valence-corrected chi connectivity index (χ3v) is 6.00. The number of methoxy groups -OCH3 is 1. The maximum absolute atomic E-state index is 12.5. The predicted molar refractivity (Wildman–Crippen MR) is 108 cm³/mol. The first-order valence-corrected chi connectivity index (χ1v) is 9.94. The Labute approximate surface area is 162 Å². The van der Waals surface area contributed by atoms with E-state index < -0.39 is 0 Å². The Kier molecular flexibility index (Phi) is 5.35. The van der Waals surface area contributed by atoms with Gasteiger partial charge in [0.15, 0.2) is 0 Å². The lowest BCUT2D eigenvalue weighted by Gasteiger charge is -2.34. The minimum Gasteiger partial charge on any atom is -0.497 e. The molecular formula is C19H23N5O2S. The molecule has 0 bridgehead atoms. The van der Waals surface area contributed by atoms with Gasteiger partial charge in [0.05, 0.1) is 17.2 Å². The average molecular weight is 385 g/mol. The van der Waals surface area contributed by atoms with E-state index in [1.54, 1.807) is 19.5 Å². The van der Waals surface area contributed by atoms with Gasteiger partial charge < -0.3 is 9.64 Å². The Balaban J connectivity index is 1.30. The summed E-state index contributed by atoms with van der Waals surface area (Å²) in [5.41, 5.74) is 0.101. The van der Waals surface area contributed by atoms with E-state index in [0.29, 0.717) is 0 Å². The van der Waals surface area contributed by atoms with Crippen LogP contribution in [0.15, 0.2) is 41.5 Å². The highest BCUT2D eigenvalue weighted by atomic mass is 32.1. The molecule has 0 unspecified atom stereocenters. The van der Waals surface area contributed by atoms with Crippen LogP contribution in [0.1, 0.15) is 6.42 Å². The number of hydrogen-bond acceptors (Lipinski definition) is 7. The molecule has 0 aliphatic carbocycles. The largest absolute Gasteiger partial charge is 0.497 e. The summed E-state index contributed by atoms with van der Waals surface area (Å²) < 4.78 is 8.09. The topological polar surface area (TPSA) is 63.5 Å². The number of hydrogen-bond donors (Lipinski definition) is 0. The second-order valence-electron chi connectivity index (χ2n) is 6.59. The van der Waals surface area contributed by atoms with Gasteiger partial charge in [0.25, 0.3) is 5.56 Å². The van der Waals surface area contributed by atoms with Gasteiger partial charge in [-0.3, -0.25) is 13.7 Å². The molecule has 1 saturated heterocycles. The highest BCUT2D eigenvalue weighted by molar-refractivity contribution is 7.13. The van der Waals surface area contributed by atoms with Crippen molar-refractivity contribution >= 4 is 27.6 Å². The molecule has 2 aromatic heterocycles. The smallest absolute Gasteiger partial charge is 0.268 e. The van der Waals surface area contributed by atoms with Gasteiger partial charge in [0.1, 0.15) is 5.75 Å². The van der Waals surface area contributed by atoms with Gasteiger partial charge in [-0.05, 0) is 30.7 Å². The molecule has 1 aliphatic rings. The second-order valence-corrected chi connectivity index (χ2v) is 7.65. The molecule has 1 aromatic carbocycles. The van der Waals surface area contributed by atoms with Crippen LogP contribution in [0.5, 0.6) is 5.75 Å². The van der Waals surface area contributed by atoms with Gasteiger partial charge in [-0.2, -0.15) is 0 Å². The fourth-order valence-electron chi connectivity index (χ4n) is 3.39. The van der Waals surface area contributed by atoms with Gasteiger partial charge in [0, 0.05) is 51.7 Å². The Hall–Kier alpha value is -2.45. The van der Waals surface area contributed by atoms with Crippen LogP contribution in [0.2, 0.25) is 0 Å². The van der Waals surface area contributed by atoms with E-state index in [0.717, 1.165) is 67.5 Å². The first kappa shape index (κ1) is 17.9. The predicted octanol–water partition coefficient (Wildman–Crippen LogP) is 2.07. The van der Waals surface area contributed by atoms with Crippen molar-refractivity contribution in [2.45, 2.75) is 13.0 Å². The summed E-state index contributed by atoms with van der Waals surface area (Å²) in [6.45, 7) is 5.61. The van der Waals surface area contributed by atoms with Crippen molar-refractivity contribution in [3.05, 3.63) is 47.0 Å². The first-order chi connectivity index (χ1) is 13.2. The van der Waals surface area contributed by atoms with Crippen LogP contribution < -0.4 is 15.2 Å². The number of piperazine rings is 1. The lowest BCUT2D eigenvalue weighted by atomic mass is 10.2. The normalized spacial score (nSPS) is 15.4. The molecule has 27 heavy (non-hydrogen) atoms. The Morgan fingerprint density at radius 2 is 1.89 bits per heavy atom. The van der Waals surface area contributed by atoms with Gasteiger partial charge in [-0.15, -0.1) is 0 Å². The van der Waals surface area contributed by atoms with E-state index in [1.807, 2.05) is 28.2 Å². The summed E-state index contributed by atoms with van der Waals surface area (Å²) in [6, 6.07) is 7.47. The van der Waals surface area contributed by atoms with E-state index in [-0.39, 0.29) is 5.56 Å². The Bertz CT molecular complexity index is 948. The van der Waals surface area contributed by atoms with Crippen molar-refractivity contribution in [2.24, 2.45) is 0 Å².